The number of nitrogens with zero attached hydrogens (tertiary/aromatic N) is 2. The van der Waals surface area contributed by atoms with E-state index in [-0.39, 0.29) is 23.8 Å². The number of phenols is 1. The SMILES string of the molecule is Cc1nc(-c2ccccc2)cc(=O)n1CC(=O)Nc1cccc(O)c1. The molecule has 25 heavy (non-hydrogen) atoms. The molecule has 6 heteroatoms. The second-order valence-electron chi connectivity index (χ2n) is 5.58. The number of aromatic hydroxyl groups is 1. The third-order valence-corrected chi connectivity index (χ3v) is 3.70. The number of carbonyl (C=O) groups excluding carboxylic acids is 1. The van der Waals surface area contributed by atoms with Crippen LogP contribution in [0.15, 0.2) is 65.5 Å². The fraction of sp³-hybridized carbons (Fsp3) is 0.105. The van der Waals surface area contributed by atoms with E-state index >= 15 is 0 Å². The molecular formula is C19H17N3O3. The van der Waals surface area contributed by atoms with Gasteiger partial charge in [-0.2, -0.15) is 0 Å². The van der Waals surface area contributed by atoms with Gasteiger partial charge >= 0.3 is 0 Å². The van der Waals surface area contributed by atoms with Gasteiger partial charge in [-0.1, -0.05) is 36.4 Å². The molecule has 0 saturated carbocycles. The average Bonchev–Trinajstić information content (AvgIpc) is 2.59. The van der Waals surface area contributed by atoms with Crippen LogP contribution in [0, 0.1) is 6.92 Å². The maximum absolute atomic E-state index is 12.4. The number of nitrogens with one attached hydrogen (secondary N) is 1. The lowest BCUT2D eigenvalue weighted by Crippen LogP contribution is -2.29. The molecular weight excluding hydrogens is 318 g/mol. The molecule has 1 aromatic heterocycles. The number of amides is 1. The number of phenolic OH excluding ortho intramolecular Hbond substituents is 1. The van der Waals surface area contributed by atoms with Crippen LogP contribution in [0.25, 0.3) is 11.3 Å². The third-order valence-electron chi connectivity index (χ3n) is 3.70. The monoisotopic (exact) mass is 335 g/mol. The van der Waals surface area contributed by atoms with Crippen LogP contribution in [0.4, 0.5) is 5.69 Å². The normalized spacial score (nSPS) is 10.4. The minimum atomic E-state index is -0.370. The van der Waals surface area contributed by atoms with Crippen molar-refractivity contribution >= 4 is 11.6 Å². The first-order valence-corrected chi connectivity index (χ1v) is 7.76. The van der Waals surface area contributed by atoms with Crippen LogP contribution in [0.3, 0.4) is 0 Å². The van der Waals surface area contributed by atoms with E-state index in [0.29, 0.717) is 17.2 Å². The quantitative estimate of drug-likeness (QED) is 0.767. The highest BCUT2D eigenvalue weighted by molar-refractivity contribution is 5.90. The highest BCUT2D eigenvalue weighted by Gasteiger charge is 2.11. The lowest BCUT2D eigenvalue weighted by molar-refractivity contribution is -0.116. The Labute approximate surface area is 144 Å². The van der Waals surface area contributed by atoms with Gasteiger partial charge in [-0.25, -0.2) is 4.98 Å². The lowest BCUT2D eigenvalue weighted by Gasteiger charge is -2.11. The summed E-state index contributed by atoms with van der Waals surface area (Å²) in [4.78, 5) is 29.0. The van der Waals surface area contributed by atoms with Crippen LogP contribution < -0.4 is 10.9 Å². The van der Waals surface area contributed by atoms with E-state index < -0.39 is 0 Å². The molecule has 1 heterocycles. The van der Waals surface area contributed by atoms with Crippen LogP contribution in [-0.4, -0.2) is 20.6 Å². The number of benzene rings is 2. The van der Waals surface area contributed by atoms with Crippen LogP contribution in [0.1, 0.15) is 5.82 Å². The highest BCUT2D eigenvalue weighted by atomic mass is 16.3. The number of aryl methyl sites for hydroxylation is 1. The summed E-state index contributed by atoms with van der Waals surface area (Å²) in [6.07, 6.45) is 0. The Morgan fingerprint density at radius 2 is 1.88 bits per heavy atom. The zero-order valence-corrected chi connectivity index (χ0v) is 13.6. The first kappa shape index (κ1) is 16.4. The number of hydrogen-bond acceptors (Lipinski definition) is 4. The van der Waals surface area contributed by atoms with Gasteiger partial charge in [0.2, 0.25) is 5.91 Å². The molecule has 0 radical (unpaired) electrons. The van der Waals surface area contributed by atoms with Crippen LogP contribution >= 0.6 is 0 Å². The molecule has 6 nitrogen and oxygen atoms in total. The lowest BCUT2D eigenvalue weighted by atomic mass is 10.1. The van der Waals surface area contributed by atoms with Gasteiger partial charge in [-0.05, 0) is 19.1 Å². The number of hydrogen-bond donors (Lipinski definition) is 2. The summed E-state index contributed by atoms with van der Waals surface area (Å²) in [5.41, 5.74) is 1.59. The molecule has 0 aliphatic carbocycles. The smallest absolute Gasteiger partial charge is 0.254 e. The van der Waals surface area contributed by atoms with Crippen molar-refractivity contribution in [2.24, 2.45) is 0 Å². The molecule has 3 aromatic rings. The zero-order chi connectivity index (χ0) is 17.8. The molecule has 0 atom stereocenters. The second-order valence-corrected chi connectivity index (χ2v) is 5.58. The Hall–Kier alpha value is -3.41. The van der Waals surface area contributed by atoms with Gasteiger partial charge in [-0.3, -0.25) is 14.2 Å². The van der Waals surface area contributed by atoms with E-state index in [1.165, 1.54) is 22.8 Å². The van der Waals surface area contributed by atoms with Gasteiger partial charge in [0.25, 0.3) is 5.56 Å². The number of carbonyl (C=O) groups is 1. The predicted octanol–water partition coefficient (Wildman–Crippen LogP) is 2.56. The van der Waals surface area contributed by atoms with E-state index in [9.17, 15) is 14.7 Å². The average molecular weight is 335 g/mol. The third kappa shape index (κ3) is 3.92. The van der Waals surface area contributed by atoms with Crippen LogP contribution in [-0.2, 0) is 11.3 Å². The summed E-state index contributed by atoms with van der Waals surface area (Å²) < 4.78 is 1.31. The van der Waals surface area contributed by atoms with Crippen molar-refractivity contribution in [1.29, 1.82) is 0 Å². The molecule has 0 aliphatic rings. The Morgan fingerprint density at radius 1 is 1.12 bits per heavy atom. The van der Waals surface area contributed by atoms with Crippen LogP contribution in [0.5, 0.6) is 5.75 Å². The van der Waals surface area contributed by atoms with E-state index in [1.807, 2.05) is 30.3 Å². The summed E-state index contributed by atoms with van der Waals surface area (Å²) >= 11 is 0. The molecule has 0 saturated heterocycles. The van der Waals surface area contributed by atoms with Crippen molar-refractivity contribution in [3.63, 3.8) is 0 Å². The topological polar surface area (TPSA) is 84.2 Å². The maximum Gasteiger partial charge on any atom is 0.254 e. The molecule has 0 aliphatic heterocycles. The van der Waals surface area contributed by atoms with Gasteiger partial charge in [0.05, 0.1) is 5.69 Å². The fourth-order valence-electron chi connectivity index (χ4n) is 2.50. The molecule has 2 aromatic carbocycles. The summed E-state index contributed by atoms with van der Waals surface area (Å²) in [5, 5.41) is 12.1. The fourth-order valence-corrected chi connectivity index (χ4v) is 2.50. The molecule has 0 bridgehead atoms. The number of aromatic nitrogens is 2. The molecule has 0 fully saturated rings. The van der Waals surface area contributed by atoms with Gasteiger partial charge < -0.3 is 10.4 Å². The first-order valence-electron chi connectivity index (χ1n) is 7.76. The van der Waals surface area contributed by atoms with Crippen molar-refractivity contribution in [2.45, 2.75) is 13.5 Å². The van der Waals surface area contributed by atoms with E-state index in [0.717, 1.165) is 5.56 Å². The molecule has 3 rings (SSSR count). The van der Waals surface area contributed by atoms with E-state index in [4.69, 9.17) is 0 Å². The minimum absolute atomic E-state index is 0.0556. The standard InChI is InChI=1S/C19H17N3O3/c1-13-20-17(14-6-3-2-4-7-14)11-19(25)22(13)12-18(24)21-15-8-5-9-16(23)10-15/h2-11,23H,12H2,1H3,(H,21,24). The predicted molar refractivity (Wildman–Crippen MR) is 95.4 cm³/mol. The van der Waals surface area contributed by atoms with Gasteiger partial charge in [0, 0.05) is 23.4 Å². The number of anilines is 1. The van der Waals surface area contributed by atoms with Crippen molar-refractivity contribution in [1.82, 2.24) is 9.55 Å². The first-order chi connectivity index (χ1) is 12.0. The van der Waals surface area contributed by atoms with E-state index in [1.54, 1.807) is 19.1 Å². The summed E-state index contributed by atoms with van der Waals surface area (Å²) in [5.74, 6) is 0.141. The minimum Gasteiger partial charge on any atom is -0.508 e. The Kier molecular flexibility index (Phi) is 4.61. The van der Waals surface area contributed by atoms with Crippen molar-refractivity contribution in [2.75, 3.05) is 5.32 Å². The highest BCUT2D eigenvalue weighted by Crippen LogP contribution is 2.16. The van der Waals surface area contributed by atoms with Crippen molar-refractivity contribution in [3.8, 4) is 17.0 Å². The molecule has 0 unspecified atom stereocenters. The maximum atomic E-state index is 12.4. The largest absolute Gasteiger partial charge is 0.508 e. The molecule has 0 spiro atoms. The zero-order valence-electron chi connectivity index (χ0n) is 13.6. The summed E-state index contributed by atoms with van der Waals surface area (Å²) in [7, 11) is 0. The summed E-state index contributed by atoms with van der Waals surface area (Å²) in [6, 6.07) is 17.0. The molecule has 1 amide bonds. The van der Waals surface area contributed by atoms with Gasteiger partial charge in [0.15, 0.2) is 0 Å². The second kappa shape index (κ2) is 7.00. The molecule has 2 N–H and O–H groups in total. The Balaban J connectivity index is 1.81. The summed E-state index contributed by atoms with van der Waals surface area (Å²) in [6.45, 7) is 1.54. The number of rotatable bonds is 4. The Morgan fingerprint density at radius 3 is 2.56 bits per heavy atom. The van der Waals surface area contributed by atoms with Crippen molar-refractivity contribution < 1.29 is 9.90 Å². The van der Waals surface area contributed by atoms with Gasteiger partial charge in [0.1, 0.15) is 18.1 Å². The van der Waals surface area contributed by atoms with E-state index in [2.05, 4.69) is 10.3 Å². The van der Waals surface area contributed by atoms with Gasteiger partial charge in [-0.15, -0.1) is 0 Å². The molecule has 126 valence electrons. The van der Waals surface area contributed by atoms with Crippen LogP contribution in [0.2, 0.25) is 0 Å². The Bertz CT molecular complexity index is 965. The van der Waals surface area contributed by atoms with Crippen molar-refractivity contribution in [3.05, 3.63) is 76.8 Å².